The molecule has 0 aromatic heterocycles. The van der Waals surface area contributed by atoms with Gasteiger partial charge in [-0.2, -0.15) is 0 Å². The summed E-state index contributed by atoms with van der Waals surface area (Å²) in [4.78, 5) is 14.9. The van der Waals surface area contributed by atoms with Crippen LogP contribution in [0.25, 0.3) is 0 Å². The summed E-state index contributed by atoms with van der Waals surface area (Å²) >= 11 is 0. The Morgan fingerprint density at radius 3 is 2.89 bits per heavy atom. The SMILES string of the molecule is C=CCN1CC2CC(C1)c1cccc(CO)c1C2=O. The molecule has 1 saturated heterocycles. The Labute approximate surface area is 113 Å². The molecule has 1 aliphatic carbocycles. The number of nitrogens with zero attached hydrogens (tertiary/aromatic N) is 1. The molecular weight excluding hydrogens is 238 g/mol. The van der Waals surface area contributed by atoms with E-state index in [4.69, 9.17) is 0 Å². The number of piperidine rings is 1. The van der Waals surface area contributed by atoms with E-state index >= 15 is 0 Å². The van der Waals surface area contributed by atoms with E-state index in [0.717, 1.165) is 42.7 Å². The first-order chi connectivity index (χ1) is 9.24. The van der Waals surface area contributed by atoms with E-state index in [2.05, 4.69) is 11.5 Å². The maximum absolute atomic E-state index is 12.6. The molecule has 2 aliphatic rings. The minimum Gasteiger partial charge on any atom is -0.392 e. The van der Waals surface area contributed by atoms with Crippen LogP contribution < -0.4 is 0 Å². The average molecular weight is 257 g/mol. The second-order valence-corrected chi connectivity index (χ2v) is 5.54. The second kappa shape index (κ2) is 4.91. The van der Waals surface area contributed by atoms with E-state index in [-0.39, 0.29) is 18.3 Å². The number of aliphatic hydroxyl groups excluding tert-OH is 1. The van der Waals surface area contributed by atoms with Crippen LogP contribution in [0.5, 0.6) is 0 Å². The van der Waals surface area contributed by atoms with Crippen LogP contribution >= 0.6 is 0 Å². The van der Waals surface area contributed by atoms with Gasteiger partial charge in [-0.1, -0.05) is 24.3 Å². The first-order valence-corrected chi connectivity index (χ1v) is 6.84. The van der Waals surface area contributed by atoms with Crippen LogP contribution in [0, 0.1) is 5.92 Å². The summed E-state index contributed by atoms with van der Waals surface area (Å²) in [6.07, 6.45) is 2.85. The lowest BCUT2D eigenvalue weighted by molar-refractivity contribution is 0.0769. The molecule has 0 spiro atoms. The fourth-order valence-corrected chi connectivity index (χ4v) is 3.53. The first-order valence-electron chi connectivity index (χ1n) is 6.84. The Kier molecular flexibility index (Phi) is 3.25. The summed E-state index contributed by atoms with van der Waals surface area (Å²) in [5.74, 6) is 0.710. The number of hydrogen-bond donors (Lipinski definition) is 1. The third-order valence-corrected chi connectivity index (χ3v) is 4.32. The molecule has 1 heterocycles. The van der Waals surface area contributed by atoms with Crippen LogP contribution in [-0.4, -0.2) is 35.4 Å². The topological polar surface area (TPSA) is 40.5 Å². The molecule has 19 heavy (non-hydrogen) atoms. The number of fused-ring (bicyclic) bond motifs is 4. The van der Waals surface area contributed by atoms with Crippen LogP contribution in [-0.2, 0) is 6.61 Å². The van der Waals surface area contributed by atoms with Crippen molar-refractivity contribution in [1.29, 1.82) is 0 Å². The van der Waals surface area contributed by atoms with Gasteiger partial charge in [0.05, 0.1) is 6.61 Å². The highest BCUT2D eigenvalue weighted by molar-refractivity contribution is 6.02. The zero-order valence-corrected chi connectivity index (χ0v) is 11.0. The Bertz CT molecular complexity index is 523. The number of ketones is 1. The maximum Gasteiger partial charge on any atom is 0.167 e. The molecule has 1 fully saturated rings. The van der Waals surface area contributed by atoms with Crippen molar-refractivity contribution >= 4 is 5.78 Å². The van der Waals surface area contributed by atoms with Gasteiger partial charge in [-0.25, -0.2) is 0 Å². The normalized spacial score (nSPS) is 26.1. The van der Waals surface area contributed by atoms with E-state index < -0.39 is 0 Å². The van der Waals surface area contributed by atoms with Gasteiger partial charge in [0, 0.05) is 31.1 Å². The number of hydrogen-bond acceptors (Lipinski definition) is 3. The number of carbonyl (C=O) groups is 1. The lowest BCUT2D eigenvalue weighted by Crippen LogP contribution is -2.45. The predicted molar refractivity (Wildman–Crippen MR) is 74.2 cm³/mol. The van der Waals surface area contributed by atoms with E-state index in [1.807, 2.05) is 24.3 Å². The van der Waals surface area contributed by atoms with E-state index in [0.29, 0.717) is 5.92 Å². The molecule has 3 heteroatoms. The molecule has 1 aliphatic heterocycles. The van der Waals surface area contributed by atoms with Gasteiger partial charge in [-0.05, 0) is 23.5 Å². The average Bonchev–Trinajstić information content (AvgIpc) is 2.44. The van der Waals surface area contributed by atoms with Gasteiger partial charge in [-0.3, -0.25) is 9.69 Å². The van der Waals surface area contributed by atoms with E-state index in [1.54, 1.807) is 0 Å². The summed E-state index contributed by atoms with van der Waals surface area (Å²) in [5, 5.41) is 9.43. The fraction of sp³-hybridized carbons (Fsp3) is 0.438. The second-order valence-electron chi connectivity index (χ2n) is 5.54. The standard InChI is InChI=1S/C16H19NO2/c1-2-6-17-8-12-7-13(9-17)16(19)15-11(10-18)4-3-5-14(12)15/h2-5,12-13,18H,1,6-10H2. The number of Topliss-reactive ketones (excluding diaryl/α,β-unsaturated/α-hetero) is 1. The number of aliphatic hydroxyl groups is 1. The molecule has 0 amide bonds. The van der Waals surface area contributed by atoms with Crippen molar-refractivity contribution in [2.75, 3.05) is 19.6 Å². The van der Waals surface area contributed by atoms with Crippen LogP contribution in [0.4, 0.5) is 0 Å². The molecule has 0 radical (unpaired) electrons. The van der Waals surface area contributed by atoms with Gasteiger partial charge in [0.2, 0.25) is 0 Å². The van der Waals surface area contributed by atoms with Crippen molar-refractivity contribution < 1.29 is 9.90 Å². The molecule has 1 aromatic rings. The summed E-state index contributed by atoms with van der Waals surface area (Å²) in [6, 6.07) is 5.86. The van der Waals surface area contributed by atoms with Gasteiger partial charge in [0.15, 0.2) is 5.78 Å². The van der Waals surface area contributed by atoms with Crippen molar-refractivity contribution in [2.45, 2.75) is 18.9 Å². The number of rotatable bonds is 3. The Morgan fingerprint density at radius 2 is 2.16 bits per heavy atom. The quantitative estimate of drug-likeness (QED) is 0.842. The predicted octanol–water partition coefficient (Wildman–Crippen LogP) is 1.97. The molecular formula is C16H19NO2. The summed E-state index contributed by atoms with van der Waals surface area (Å²) < 4.78 is 0. The number of carbonyl (C=O) groups excluding carboxylic acids is 1. The Morgan fingerprint density at radius 1 is 1.37 bits per heavy atom. The minimum absolute atomic E-state index is 0.0509. The van der Waals surface area contributed by atoms with Crippen molar-refractivity contribution in [3.8, 4) is 0 Å². The lowest BCUT2D eigenvalue weighted by atomic mass is 9.72. The molecule has 0 saturated carbocycles. The van der Waals surface area contributed by atoms with Crippen molar-refractivity contribution in [3.05, 3.63) is 47.5 Å². The zero-order valence-electron chi connectivity index (χ0n) is 11.0. The van der Waals surface area contributed by atoms with Crippen LogP contribution in [0.15, 0.2) is 30.9 Å². The van der Waals surface area contributed by atoms with Gasteiger partial charge >= 0.3 is 0 Å². The van der Waals surface area contributed by atoms with Crippen LogP contribution in [0.1, 0.15) is 33.8 Å². The molecule has 3 rings (SSSR count). The summed E-state index contributed by atoms with van der Waals surface area (Å²) in [7, 11) is 0. The Hall–Kier alpha value is -1.45. The molecule has 1 aromatic carbocycles. The third kappa shape index (κ3) is 2.03. The van der Waals surface area contributed by atoms with Crippen LogP contribution in [0.2, 0.25) is 0 Å². The van der Waals surface area contributed by atoms with Crippen LogP contribution in [0.3, 0.4) is 0 Å². The summed E-state index contributed by atoms with van der Waals surface area (Å²) in [6.45, 7) is 6.38. The highest BCUT2D eigenvalue weighted by Crippen LogP contribution is 2.40. The van der Waals surface area contributed by atoms with Gasteiger partial charge in [0.25, 0.3) is 0 Å². The smallest absolute Gasteiger partial charge is 0.167 e. The molecule has 2 atom stereocenters. The maximum atomic E-state index is 12.6. The highest BCUT2D eigenvalue weighted by atomic mass is 16.3. The van der Waals surface area contributed by atoms with E-state index in [9.17, 15) is 9.90 Å². The van der Waals surface area contributed by atoms with E-state index in [1.165, 1.54) is 0 Å². The Balaban J connectivity index is 2.02. The largest absolute Gasteiger partial charge is 0.392 e. The monoisotopic (exact) mass is 257 g/mol. The lowest BCUT2D eigenvalue weighted by Gasteiger charge is -2.41. The number of benzene rings is 1. The van der Waals surface area contributed by atoms with Crippen molar-refractivity contribution in [2.24, 2.45) is 5.92 Å². The highest BCUT2D eigenvalue weighted by Gasteiger charge is 2.39. The van der Waals surface area contributed by atoms with Crippen molar-refractivity contribution in [1.82, 2.24) is 4.90 Å². The molecule has 3 nitrogen and oxygen atoms in total. The minimum atomic E-state index is -0.0509. The molecule has 2 bridgehead atoms. The zero-order chi connectivity index (χ0) is 13.4. The van der Waals surface area contributed by atoms with Gasteiger partial charge in [0.1, 0.15) is 0 Å². The summed E-state index contributed by atoms with van der Waals surface area (Å²) in [5.41, 5.74) is 2.71. The third-order valence-electron chi connectivity index (χ3n) is 4.32. The number of likely N-dealkylation sites (tertiary alicyclic amines) is 1. The molecule has 2 unspecified atom stereocenters. The molecule has 100 valence electrons. The molecule has 1 N–H and O–H groups in total. The fourth-order valence-electron chi connectivity index (χ4n) is 3.53. The van der Waals surface area contributed by atoms with Crippen molar-refractivity contribution in [3.63, 3.8) is 0 Å². The van der Waals surface area contributed by atoms with Gasteiger partial charge < -0.3 is 5.11 Å². The first kappa shape index (κ1) is 12.6. The van der Waals surface area contributed by atoms with Gasteiger partial charge in [-0.15, -0.1) is 6.58 Å².